The Morgan fingerprint density at radius 3 is 2.56 bits per heavy atom. The van der Waals surface area contributed by atoms with Crippen LogP contribution in [0, 0.1) is 10.1 Å². The van der Waals surface area contributed by atoms with E-state index in [1.807, 2.05) is 59.3 Å². The summed E-state index contributed by atoms with van der Waals surface area (Å²) in [6.45, 7) is 0.671. The number of halogens is 1. The molecule has 0 radical (unpaired) electrons. The fourth-order valence-electron chi connectivity index (χ4n) is 3.79. The van der Waals surface area contributed by atoms with E-state index in [1.165, 1.54) is 12.1 Å². The number of hydrogen-bond donors (Lipinski definition) is 2. The number of imidazole rings is 1. The van der Waals surface area contributed by atoms with Crippen LogP contribution in [-0.2, 0) is 6.54 Å². The molecular weight excluding hydrogens is 498 g/mol. The molecule has 0 unspecified atom stereocenters. The minimum absolute atomic E-state index is 0.0635. The van der Waals surface area contributed by atoms with Gasteiger partial charge in [-0.1, -0.05) is 40.2 Å². The summed E-state index contributed by atoms with van der Waals surface area (Å²) in [4.78, 5) is 22.7. The Morgan fingerprint density at radius 2 is 1.88 bits per heavy atom. The highest BCUT2D eigenvalue weighted by molar-refractivity contribution is 9.10. The maximum Gasteiger partial charge on any atom is 0.270 e. The van der Waals surface area contributed by atoms with Gasteiger partial charge in [0.15, 0.2) is 5.88 Å². The molecule has 0 aliphatic carbocycles. The van der Waals surface area contributed by atoms with E-state index in [4.69, 9.17) is 4.99 Å². The Kier molecular flexibility index (Phi) is 5.69. The number of benzene rings is 3. The van der Waals surface area contributed by atoms with Gasteiger partial charge in [0.1, 0.15) is 0 Å². The standard InChI is InChI=1S/C25H18BrN5O3/c26-18-5-7-19(8-6-18)28-24(17-3-1-16(2-4-17)14-30-12-11-27-15-30)23-21-13-20(31(33)34)9-10-22(21)29-25(23)32/h1-13,15,29,32H,14H2. The van der Waals surface area contributed by atoms with Crippen LogP contribution in [0.1, 0.15) is 16.7 Å². The van der Waals surface area contributed by atoms with Gasteiger partial charge < -0.3 is 14.7 Å². The summed E-state index contributed by atoms with van der Waals surface area (Å²) in [6, 6.07) is 19.7. The Morgan fingerprint density at radius 1 is 1.12 bits per heavy atom. The first kappa shape index (κ1) is 21.6. The van der Waals surface area contributed by atoms with Crippen LogP contribution in [0.2, 0.25) is 0 Å². The Labute approximate surface area is 202 Å². The number of H-pyrrole nitrogens is 1. The van der Waals surface area contributed by atoms with E-state index in [0.29, 0.717) is 34.4 Å². The van der Waals surface area contributed by atoms with Crippen molar-refractivity contribution >= 4 is 43.9 Å². The van der Waals surface area contributed by atoms with Crippen LogP contribution in [0.4, 0.5) is 11.4 Å². The number of hydrogen-bond acceptors (Lipinski definition) is 5. The smallest absolute Gasteiger partial charge is 0.270 e. The first-order chi connectivity index (χ1) is 16.5. The molecule has 5 rings (SSSR count). The van der Waals surface area contributed by atoms with E-state index in [9.17, 15) is 15.2 Å². The summed E-state index contributed by atoms with van der Waals surface area (Å²) in [5.41, 5.74) is 3.94. The Bertz CT molecular complexity index is 1510. The van der Waals surface area contributed by atoms with Gasteiger partial charge in [0.2, 0.25) is 0 Å². The quantitative estimate of drug-likeness (QED) is 0.165. The summed E-state index contributed by atoms with van der Waals surface area (Å²) in [7, 11) is 0. The molecule has 0 aliphatic heterocycles. The minimum Gasteiger partial charge on any atom is -0.494 e. The van der Waals surface area contributed by atoms with Crippen molar-refractivity contribution in [2.45, 2.75) is 6.54 Å². The summed E-state index contributed by atoms with van der Waals surface area (Å²) in [5, 5.41) is 22.7. The second-order valence-electron chi connectivity index (χ2n) is 7.70. The van der Waals surface area contributed by atoms with Gasteiger partial charge in [-0.2, -0.15) is 0 Å². The van der Waals surface area contributed by atoms with Crippen LogP contribution in [-0.4, -0.2) is 30.3 Å². The molecule has 2 aromatic heterocycles. The van der Waals surface area contributed by atoms with Crippen LogP contribution >= 0.6 is 15.9 Å². The molecule has 34 heavy (non-hydrogen) atoms. The molecule has 0 fully saturated rings. The van der Waals surface area contributed by atoms with Gasteiger partial charge in [0, 0.05) is 52.0 Å². The number of aromatic nitrogens is 3. The molecule has 5 aromatic rings. The molecule has 8 nitrogen and oxygen atoms in total. The molecule has 0 amide bonds. The maximum absolute atomic E-state index is 11.4. The zero-order valence-corrected chi connectivity index (χ0v) is 19.3. The zero-order valence-electron chi connectivity index (χ0n) is 17.7. The lowest BCUT2D eigenvalue weighted by Crippen LogP contribution is -2.04. The van der Waals surface area contributed by atoms with Crippen LogP contribution in [0.25, 0.3) is 10.9 Å². The summed E-state index contributed by atoms with van der Waals surface area (Å²) in [5.74, 6) is -0.103. The van der Waals surface area contributed by atoms with Crippen molar-refractivity contribution in [3.63, 3.8) is 0 Å². The molecule has 2 N–H and O–H groups in total. The van der Waals surface area contributed by atoms with E-state index >= 15 is 0 Å². The number of aromatic hydroxyl groups is 1. The van der Waals surface area contributed by atoms with E-state index in [-0.39, 0.29) is 11.6 Å². The van der Waals surface area contributed by atoms with Crippen molar-refractivity contribution in [3.8, 4) is 5.88 Å². The van der Waals surface area contributed by atoms with Crippen molar-refractivity contribution in [2.75, 3.05) is 0 Å². The highest BCUT2D eigenvalue weighted by Crippen LogP contribution is 2.34. The van der Waals surface area contributed by atoms with Gasteiger partial charge >= 0.3 is 0 Å². The second-order valence-corrected chi connectivity index (χ2v) is 8.62. The third kappa shape index (κ3) is 4.33. The molecule has 0 spiro atoms. The molecular formula is C25H18BrN5O3. The highest BCUT2D eigenvalue weighted by Gasteiger charge is 2.21. The predicted octanol–water partition coefficient (Wildman–Crippen LogP) is 5.96. The highest BCUT2D eigenvalue weighted by atomic mass is 79.9. The van der Waals surface area contributed by atoms with Gasteiger partial charge in [-0.3, -0.25) is 10.1 Å². The fraction of sp³-hybridized carbons (Fsp3) is 0.0400. The lowest BCUT2D eigenvalue weighted by molar-refractivity contribution is -0.384. The number of nitrogens with zero attached hydrogens (tertiary/aromatic N) is 4. The Balaban J connectivity index is 1.65. The first-order valence-corrected chi connectivity index (χ1v) is 11.2. The van der Waals surface area contributed by atoms with E-state index in [2.05, 4.69) is 25.9 Å². The van der Waals surface area contributed by atoms with Gasteiger partial charge in [-0.25, -0.2) is 9.98 Å². The molecule has 9 heteroatoms. The van der Waals surface area contributed by atoms with Gasteiger partial charge in [-0.05, 0) is 35.9 Å². The van der Waals surface area contributed by atoms with Gasteiger partial charge in [-0.15, -0.1) is 0 Å². The summed E-state index contributed by atoms with van der Waals surface area (Å²) in [6.07, 6.45) is 5.38. The maximum atomic E-state index is 11.4. The molecule has 0 saturated heterocycles. The molecule has 0 atom stereocenters. The van der Waals surface area contributed by atoms with Crippen molar-refractivity contribution in [1.82, 2.24) is 14.5 Å². The predicted molar refractivity (Wildman–Crippen MR) is 134 cm³/mol. The van der Waals surface area contributed by atoms with Crippen molar-refractivity contribution in [2.24, 2.45) is 4.99 Å². The topological polar surface area (TPSA) is 109 Å². The normalized spacial score (nSPS) is 11.7. The third-order valence-corrected chi connectivity index (χ3v) is 5.96. The number of nitro groups is 1. The van der Waals surface area contributed by atoms with E-state index in [1.54, 1.807) is 18.6 Å². The van der Waals surface area contributed by atoms with Crippen molar-refractivity contribution in [1.29, 1.82) is 0 Å². The molecule has 0 saturated carbocycles. The lowest BCUT2D eigenvalue weighted by Gasteiger charge is -2.10. The number of rotatable bonds is 6. The number of aliphatic imine (C=N–C) groups is 1. The molecule has 2 heterocycles. The molecule has 168 valence electrons. The third-order valence-electron chi connectivity index (χ3n) is 5.43. The van der Waals surface area contributed by atoms with Crippen LogP contribution in [0.15, 0.2) is 94.9 Å². The molecule has 3 aromatic carbocycles. The Hall–Kier alpha value is -4.24. The van der Waals surface area contributed by atoms with E-state index in [0.717, 1.165) is 15.6 Å². The van der Waals surface area contributed by atoms with Crippen molar-refractivity contribution in [3.05, 3.63) is 117 Å². The minimum atomic E-state index is -0.455. The average Bonchev–Trinajstić information content (AvgIpc) is 3.46. The second kappa shape index (κ2) is 8.95. The summed E-state index contributed by atoms with van der Waals surface area (Å²) >= 11 is 3.43. The van der Waals surface area contributed by atoms with Crippen LogP contribution in [0.5, 0.6) is 5.88 Å². The number of non-ortho nitro benzene ring substituents is 1. The lowest BCUT2D eigenvalue weighted by atomic mass is 9.99. The van der Waals surface area contributed by atoms with Crippen LogP contribution < -0.4 is 0 Å². The average molecular weight is 516 g/mol. The SMILES string of the molecule is O=[N+]([O-])c1ccc2[nH]c(O)c(C(=Nc3ccc(Br)cc3)c3ccc(Cn4ccnc4)cc3)c2c1. The molecule has 0 bridgehead atoms. The number of fused-ring (bicyclic) bond motifs is 1. The monoisotopic (exact) mass is 515 g/mol. The summed E-state index contributed by atoms with van der Waals surface area (Å²) < 4.78 is 2.89. The number of nitrogens with one attached hydrogen (secondary N) is 1. The fourth-order valence-corrected chi connectivity index (χ4v) is 4.05. The zero-order chi connectivity index (χ0) is 23.7. The van der Waals surface area contributed by atoms with Gasteiger partial charge in [0.05, 0.1) is 28.2 Å². The largest absolute Gasteiger partial charge is 0.494 e. The number of aromatic amines is 1. The van der Waals surface area contributed by atoms with E-state index < -0.39 is 4.92 Å². The number of nitro benzene ring substituents is 1. The van der Waals surface area contributed by atoms with Crippen LogP contribution in [0.3, 0.4) is 0 Å². The van der Waals surface area contributed by atoms with Gasteiger partial charge in [0.25, 0.3) is 5.69 Å². The van der Waals surface area contributed by atoms with Crippen molar-refractivity contribution < 1.29 is 10.0 Å². The first-order valence-electron chi connectivity index (χ1n) is 10.4. The molecule has 0 aliphatic rings.